The van der Waals surface area contributed by atoms with Gasteiger partial charge in [-0.05, 0) is 26.8 Å². The lowest BCUT2D eigenvalue weighted by Gasteiger charge is -2.30. The average molecular weight is 353 g/mol. The number of likely N-dealkylation sites (N-methyl/N-ethyl adjacent to an activating group) is 1. The van der Waals surface area contributed by atoms with E-state index in [2.05, 4.69) is 9.97 Å². The number of nitrogens with zero attached hydrogens (tertiary/aromatic N) is 5. The molecular weight excluding hydrogens is 325 g/mol. The number of ether oxygens (including phenoxy) is 1. The summed E-state index contributed by atoms with van der Waals surface area (Å²) in [7, 11) is 5.38. The fraction of sp³-hybridized carbons (Fsp3) is 0.706. The molecule has 1 amide bonds. The topological polar surface area (TPSA) is 61.8 Å². The monoisotopic (exact) mass is 353 g/mol. The summed E-state index contributed by atoms with van der Waals surface area (Å²) in [6, 6.07) is 1.61. The van der Waals surface area contributed by atoms with E-state index in [0.717, 1.165) is 0 Å². The van der Waals surface area contributed by atoms with Crippen LogP contribution in [-0.4, -0.2) is 73.0 Å². The Morgan fingerprint density at radius 1 is 1.40 bits per heavy atom. The zero-order chi connectivity index (χ0) is 18.8. The van der Waals surface area contributed by atoms with Gasteiger partial charge in [0.25, 0.3) is 0 Å². The second-order valence-electron chi connectivity index (χ2n) is 7.61. The zero-order valence-electron chi connectivity index (χ0n) is 15.9. The lowest BCUT2D eigenvalue weighted by molar-refractivity contribution is 0.0289. The molecule has 1 aromatic rings. The molecule has 1 aliphatic rings. The molecule has 0 aromatic carbocycles. The van der Waals surface area contributed by atoms with Crippen LogP contribution in [0.25, 0.3) is 0 Å². The van der Waals surface area contributed by atoms with Crippen LogP contribution in [0.2, 0.25) is 0 Å². The van der Waals surface area contributed by atoms with Gasteiger partial charge in [-0.2, -0.15) is 4.98 Å². The number of halogens is 1. The molecule has 1 saturated heterocycles. The largest absolute Gasteiger partial charge is 0.444 e. The lowest BCUT2D eigenvalue weighted by Crippen LogP contribution is -2.43. The van der Waals surface area contributed by atoms with Crippen LogP contribution < -0.4 is 9.80 Å². The molecule has 8 heteroatoms. The summed E-state index contributed by atoms with van der Waals surface area (Å²) in [5.41, 5.74) is -0.559. The third kappa shape index (κ3) is 5.17. The van der Waals surface area contributed by atoms with E-state index in [1.54, 1.807) is 24.2 Å². The molecule has 7 nitrogen and oxygen atoms in total. The van der Waals surface area contributed by atoms with Gasteiger partial charge in [0.1, 0.15) is 17.6 Å². The Morgan fingerprint density at radius 2 is 2.08 bits per heavy atom. The van der Waals surface area contributed by atoms with Gasteiger partial charge in [-0.25, -0.2) is 14.2 Å². The summed E-state index contributed by atoms with van der Waals surface area (Å²) in [5, 5.41) is 0. The minimum absolute atomic E-state index is 0.155. The molecule has 1 fully saturated rings. The summed E-state index contributed by atoms with van der Waals surface area (Å²) < 4.78 is 19.4. The van der Waals surface area contributed by atoms with E-state index in [1.807, 2.05) is 39.8 Å². The zero-order valence-corrected chi connectivity index (χ0v) is 15.9. The van der Waals surface area contributed by atoms with Crippen molar-refractivity contribution in [2.24, 2.45) is 0 Å². The number of carbonyl (C=O) groups is 1. The molecule has 0 spiro atoms. The maximum Gasteiger partial charge on any atom is 0.410 e. The third-order valence-electron chi connectivity index (χ3n) is 3.88. The quantitative estimate of drug-likeness (QED) is 0.828. The van der Waals surface area contributed by atoms with Crippen molar-refractivity contribution in [2.75, 3.05) is 44.0 Å². The van der Waals surface area contributed by atoms with E-state index < -0.39 is 17.9 Å². The van der Waals surface area contributed by atoms with Gasteiger partial charge in [0, 0.05) is 40.3 Å². The minimum atomic E-state index is -0.949. The Kier molecular flexibility index (Phi) is 5.69. The van der Waals surface area contributed by atoms with E-state index in [4.69, 9.17) is 4.74 Å². The minimum Gasteiger partial charge on any atom is -0.444 e. The predicted molar refractivity (Wildman–Crippen MR) is 95.9 cm³/mol. The van der Waals surface area contributed by atoms with Crippen molar-refractivity contribution >= 4 is 17.9 Å². The maximum atomic E-state index is 14.1. The van der Waals surface area contributed by atoms with Crippen LogP contribution in [0.4, 0.5) is 21.0 Å². The molecular formula is C17H28FN5O2. The van der Waals surface area contributed by atoms with Gasteiger partial charge in [-0.1, -0.05) is 0 Å². The first-order valence-electron chi connectivity index (χ1n) is 8.42. The highest BCUT2D eigenvalue weighted by Gasteiger charge is 2.35. The SMILES string of the molecule is CN(C[C@@H]1C[C@H](F)CN1c1ccnc(N(C)C)n1)C(=O)OC(C)(C)C. The van der Waals surface area contributed by atoms with Crippen LogP contribution in [0.15, 0.2) is 12.3 Å². The first-order chi connectivity index (χ1) is 11.6. The number of aromatic nitrogens is 2. The molecule has 1 aromatic heterocycles. The number of amides is 1. The first kappa shape index (κ1) is 19.2. The number of rotatable bonds is 4. The van der Waals surface area contributed by atoms with Crippen molar-refractivity contribution in [2.45, 2.75) is 45.0 Å². The second-order valence-corrected chi connectivity index (χ2v) is 7.61. The number of anilines is 2. The molecule has 0 aliphatic carbocycles. The summed E-state index contributed by atoms with van der Waals surface area (Å²) in [6.45, 7) is 6.10. The Hall–Kier alpha value is -2.12. The van der Waals surface area contributed by atoms with Crippen LogP contribution in [0.1, 0.15) is 27.2 Å². The first-order valence-corrected chi connectivity index (χ1v) is 8.42. The molecule has 1 aliphatic heterocycles. The number of hydrogen-bond acceptors (Lipinski definition) is 6. The number of hydrogen-bond donors (Lipinski definition) is 0. The van der Waals surface area contributed by atoms with E-state index in [1.165, 1.54) is 4.90 Å². The van der Waals surface area contributed by atoms with Gasteiger partial charge in [0.05, 0.1) is 12.6 Å². The highest BCUT2D eigenvalue weighted by Crippen LogP contribution is 2.27. The van der Waals surface area contributed by atoms with Gasteiger partial charge in [0.2, 0.25) is 5.95 Å². The molecule has 0 bridgehead atoms. The van der Waals surface area contributed by atoms with Crippen molar-refractivity contribution in [1.29, 1.82) is 0 Å². The second kappa shape index (κ2) is 7.41. The molecule has 25 heavy (non-hydrogen) atoms. The Balaban J connectivity index is 2.11. The Morgan fingerprint density at radius 3 is 2.68 bits per heavy atom. The van der Waals surface area contributed by atoms with E-state index in [0.29, 0.717) is 24.7 Å². The number of carbonyl (C=O) groups excluding carboxylic acids is 1. The van der Waals surface area contributed by atoms with Gasteiger partial charge in [-0.3, -0.25) is 0 Å². The fourth-order valence-electron chi connectivity index (χ4n) is 2.76. The van der Waals surface area contributed by atoms with Crippen LogP contribution in [-0.2, 0) is 4.74 Å². The van der Waals surface area contributed by atoms with Crippen molar-refractivity contribution in [1.82, 2.24) is 14.9 Å². The summed E-state index contributed by atoms with van der Waals surface area (Å²) >= 11 is 0. The van der Waals surface area contributed by atoms with Crippen molar-refractivity contribution < 1.29 is 13.9 Å². The van der Waals surface area contributed by atoms with E-state index >= 15 is 0 Å². The molecule has 0 radical (unpaired) electrons. The van der Waals surface area contributed by atoms with Gasteiger partial charge >= 0.3 is 6.09 Å². The summed E-state index contributed by atoms with van der Waals surface area (Å²) in [6.07, 6.45) is 0.660. The van der Waals surface area contributed by atoms with Crippen LogP contribution in [0, 0.1) is 0 Å². The molecule has 2 rings (SSSR count). The normalized spacial score (nSPS) is 20.5. The highest BCUT2D eigenvalue weighted by atomic mass is 19.1. The van der Waals surface area contributed by atoms with Gasteiger partial charge in [-0.15, -0.1) is 0 Å². The Labute approximate surface area is 148 Å². The lowest BCUT2D eigenvalue weighted by atomic mass is 10.2. The van der Waals surface area contributed by atoms with Crippen LogP contribution in [0.3, 0.4) is 0 Å². The Bertz CT molecular complexity index is 605. The van der Waals surface area contributed by atoms with Crippen LogP contribution >= 0.6 is 0 Å². The molecule has 0 unspecified atom stereocenters. The van der Waals surface area contributed by atoms with Crippen molar-refractivity contribution in [3.63, 3.8) is 0 Å². The van der Waals surface area contributed by atoms with Crippen molar-refractivity contribution in [3.8, 4) is 0 Å². The fourth-order valence-corrected chi connectivity index (χ4v) is 2.76. The van der Waals surface area contributed by atoms with E-state index in [9.17, 15) is 9.18 Å². The highest BCUT2D eigenvalue weighted by molar-refractivity contribution is 5.68. The molecule has 140 valence electrons. The average Bonchev–Trinajstić information content (AvgIpc) is 2.86. The van der Waals surface area contributed by atoms with E-state index in [-0.39, 0.29) is 12.6 Å². The molecule has 0 saturated carbocycles. The smallest absolute Gasteiger partial charge is 0.410 e. The number of alkyl halides is 1. The standard InChI is InChI=1S/C17H28FN5O2/c1-17(2,3)25-16(24)22(6)11-13-9-12(18)10-23(13)14-7-8-19-15(20-14)21(4)5/h7-8,12-13H,9-11H2,1-6H3/t12-,13-/m0/s1. The van der Waals surface area contributed by atoms with Gasteiger partial charge < -0.3 is 19.4 Å². The summed E-state index contributed by atoms with van der Waals surface area (Å²) in [5.74, 6) is 1.24. The van der Waals surface area contributed by atoms with Crippen LogP contribution in [0.5, 0.6) is 0 Å². The molecule has 0 N–H and O–H groups in total. The third-order valence-corrected chi connectivity index (χ3v) is 3.88. The molecule has 2 atom stereocenters. The summed E-state index contributed by atoms with van der Waals surface area (Å²) in [4.78, 5) is 26.1. The molecule has 2 heterocycles. The maximum absolute atomic E-state index is 14.1. The predicted octanol–water partition coefficient (Wildman–Crippen LogP) is 2.33. The van der Waals surface area contributed by atoms with Gasteiger partial charge in [0.15, 0.2) is 0 Å². The van der Waals surface area contributed by atoms with Crippen molar-refractivity contribution in [3.05, 3.63) is 12.3 Å².